The molecule has 3 aliphatic heterocycles. The van der Waals surface area contributed by atoms with Crippen LogP contribution in [-0.4, -0.2) is 48.9 Å². The number of pyridine rings is 1. The Morgan fingerprint density at radius 3 is 2.68 bits per heavy atom. The molecule has 2 bridgehead atoms. The SMILES string of the molecule is COC1CC2CC[C@H]1CN2c1ccc2c(c1)N(C(=O)[C@H]1CC[C@H](OC(C)C)CC1)Cc1cccnc1N2. The first kappa shape index (κ1) is 24.7. The van der Waals surface area contributed by atoms with Gasteiger partial charge in [0.05, 0.1) is 36.2 Å². The highest BCUT2D eigenvalue weighted by Crippen LogP contribution is 2.43. The van der Waals surface area contributed by atoms with Crippen LogP contribution in [0.3, 0.4) is 0 Å². The van der Waals surface area contributed by atoms with Gasteiger partial charge in [-0.15, -0.1) is 0 Å². The van der Waals surface area contributed by atoms with Gasteiger partial charge in [0.1, 0.15) is 5.82 Å². The number of carbonyl (C=O) groups is 1. The van der Waals surface area contributed by atoms with Crippen molar-refractivity contribution in [1.29, 1.82) is 0 Å². The molecule has 1 aromatic carbocycles. The van der Waals surface area contributed by atoms with Gasteiger partial charge in [0, 0.05) is 49.0 Å². The number of hydrogen-bond acceptors (Lipinski definition) is 6. The second-order valence-corrected chi connectivity index (χ2v) is 11.6. The summed E-state index contributed by atoms with van der Waals surface area (Å²) in [4.78, 5) is 23.3. The Morgan fingerprint density at radius 2 is 1.95 bits per heavy atom. The number of fused-ring (bicyclic) bond motifs is 5. The van der Waals surface area contributed by atoms with Gasteiger partial charge in [-0.25, -0.2) is 4.98 Å². The summed E-state index contributed by atoms with van der Waals surface area (Å²) in [5.74, 6) is 1.65. The number of benzene rings is 1. The number of nitrogens with zero attached hydrogens (tertiary/aromatic N) is 3. The van der Waals surface area contributed by atoms with Crippen molar-refractivity contribution in [1.82, 2.24) is 4.98 Å². The Morgan fingerprint density at radius 1 is 1.11 bits per heavy atom. The summed E-state index contributed by atoms with van der Waals surface area (Å²) in [6.07, 6.45) is 9.85. The first-order chi connectivity index (χ1) is 18.0. The van der Waals surface area contributed by atoms with Gasteiger partial charge in [-0.05, 0) is 83.1 Å². The number of carbonyl (C=O) groups excluding carboxylic acids is 1. The van der Waals surface area contributed by atoms with E-state index in [4.69, 9.17) is 9.47 Å². The lowest BCUT2D eigenvalue weighted by Gasteiger charge is -2.50. The molecule has 1 N–H and O–H groups in total. The van der Waals surface area contributed by atoms with Crippen molar-refractivity contribution in [3.05, 3.63) is 42.1 Å². The molecular weight excluding hydrogens is 464 g/mol. The van der Waals surface area contributed by atoms with E-state index in [0.717, 1.165) is 61.4 Å². The number of anilines is 4. The van der Waals surface area contributed by atoms with Gasteiger partial charge in [0.2, 0.25) is 5.91 Å². The normalized spacial score (nSPS) is 28.9. The molecule has 2 saturated heterocycles. The first-order valence-electron chi connectivity index (χ1n) is 14.1. The minimum Gasteiger partial charge on any atom is -0.381 e. The predicted octanol–water partition coefficient (Wildman–Crippen LogP) is 5.66. The molecule has 4 fully saturated rings. The Balaban J connectivity index is 1.29. The van der Waals surface area contributed by atoms with Crippen LogP contribution in [-0.2, 0) is 20.8 Å². The number of ether oxygens (including phenoxy) is 2. The molecule has 7 heteroatoms. The van der Waals surface area contributed by atoms with Crippen molar-refractivity contribution in [2.75, 3.05) is 28.8 Å². The Hall–Kier alpha value is -2.64. The summed E-state index contributed by atoms with van der Waals surface area (Å²) in [5, 5.41) is 3.54. The van der Waals surface area contributed by atoms with Crippen LogP contribution in [0.4, 0.5) is 22.9 Å². The van der Waals surface area contributed by atoms with Crippen molar-refractivity contribution >= 4 is 28.8 Å². The average Bonchev–Trinajstić information content (AvgIpc) is 3.09. The molecular formula is C30H40N4O3. The van der Waals surface area contributed by atoms with Crippen LogP contribution in [0.25, 0.3) is 0 Å². The molecule has 37 heavy (non-hydrogen) atoms. The quantitative estimate of drug-likeness (QED) is 0.567. The molecule has 2 saturated carbocycles. The minimum atomic E-state index is 0.0233. The molecule has 2 aliphatic carbocycles. The fourth-order valence-electron chi connectivity index (χ4n) is 7.01. The monoisotopic (exact) mass is 504 g/mol. The van der Waals surface area contributed by atoms with Crippen LogP contribution in [0.15, 0.2) is 36.5 Å². The van der Waals surface area contributed by atoms with Gasteiger partial charge in [-0.1, -0.05) is 6.07 Å². The van der Waals surface area contributed by atoms with Crippen LogP contribution < -0.4 is 15.1 Å². The summed E-state index contributed by atoms with van der Waals surface area (Å²) in [6.45, 7) is 5.73. The number of aromatic nitrogens is 1. The fourth-order valence-corrected chi connectivity index (χ4v) is 7.01. The lowest BCUT2D eigenvalue weighted by atomic mass is 9.77. The van der Waals surface area contributed by atoms with Gasteiger partial charge >= 0.3 is 0 Å². The predicted molar refractivity (Wildman–Crippen MR) is 146 cm³/mol. The summed E-state index contributed by atoms with van der Waals surface area (Å²) in [6, 6.07) is 11.1. The molecule has 2 unspecified atom stereocenters. The van der Waals surface area contributed by atoms with Crippen molar-refractivity contribution < 1.29 is 14.3 Å². The summed E-state index contributed by atoms with van der Waals surface area (Å²) in [5.41, 5.74) is 4.16. The van der Waals surface area contributed by atoms with Gasteiger partial charge < -0.3 is 24.6 Å². The van der Waals surface area contributed by atoms with E-state index in [-0.39, 0.29) is 24.0 Å². The Kier molecular flexibility index (Phi) is 6.84. The first-order valence-corrected chi connectivity index (χ1v) is 14.1. The molecule has 7 rings (SSSR count). The van der Waals surface area contributed by atoms with E-state index in [2.05, 4.69) is 53.3 Å². The summed E-state index contributed by atoms with van der Waals surface area (Å²) < 4.78 is 11.8. The van der Waals surface area contributed by atoms with Crippen LogP contribution in [0.2, 0.25) is 0 Å². The second-order valence-electron chi connectivity index (χ2n) is 11.6. The van der Waals surface area contributed by atoms with Gasteiger partial charge in [-0.3, -0.25) is 4.79 Å². The lowest BCUT2D eigenvalue weighted by Crippen LogP contribution is -2.54. The maximum atomic E-state index is 14.1. The van der Waals surface area contributed by atoms with Crippen LogP contribution >= 0.6 is 0 Å². The largest absolute Gasteiger partial charge is 0.381 e. The zero-order valence-corrected chi connectivity index (χ0v) is 22.4. The van der Waals surface area contributed by atoms with Crippen LogP contribution in [0.1, 0.15) is 64.4 Å². The number of amides is 1. The molecule has 198 valence electrons. The maximum absolute atomic E-state index is 14.1. The molecule has 7 nitrogen and oxygen atoms in total. The van der Waals surface area contributed by atoms with Crippen molar-refractivity contribution in [2.24, 2.45) is 11.8 Å². The van der Waals surface area contributed by atoms with Crippen molar-refractivity contribution in [3.8, 4) is 0 Å². The number of methoxy groups -OCH3 is 1. The zero-order chi connectivity index (χ0) is 25.5. The van der Waals surface area contributed by atoms with E-state index in [1.807, 2.05) is 24.3 Å². The molecule has 3 atom stereocenters. The van der Waals surface area contributed by atoms with Crippen LogP contribution in [0.5, 0.6) is 0 Å². The Bertz CT molecular complexity index is 1130. The number of nitrogens with one attached hydrogen (secondary N) is 1. The van der Waals surface area contributed by atoms with E-state index in [9.17, 15) is 4.79 Å². The summed E-state index contributed by atoms with van der Waals surface area (Å²) >= 11 is 0. The minimum absolute atomic E-state index is 0.0233. The van der Waals surface area contributed by atoms with E-state index in [1.54, 1.807) is 0 Å². The number of rotatable bonds is 5. The molecule has 0 spiro atoms. The molecule has 5 aliphatic rings. The van der Waals surface area contributed by atoms with Gasteiger partial charge in [0.25, 0.3) is 0 Å². The average molecular weight is 505 g/mol. The van der Waals surface area contributed by atoms with Crippen molar-refractivity contribution in [2.45, 2.75) is 89.7 Å². The topological polar surface area (TPSA) is 66.9 Å². The fraction of sp³-hybridized carbons (Fsp3) is 0.600. The molecule has 0 radical (unpaired) electrons. The third kappa shape index (κ3) is 4.84. The molecule has 2 aromatic rings. The standard InChI is InChI=1S/C30H40N4O3/c1-19(2)37-25-11-7-20(8-12-25)30(35)34-18-22-5-4-14-31-29(22)32-26-13-10-23(15-27(26)34)33-17-21-6-9-24(33)16-28(21)36-3/h4-5,10,13-15,19-21,24-25,28H,6-9,11-12,16-18H2,1-3H3,(H,31,32)/t20-,21-,24?,25-,28?/m0/s1. The van der Waals surface area contributed by atoms with E-state index in [1.165, 1.54) is 18.5 Å². The van der Waals surface area contributed by atoms with Crippen molar-refractivity contribution in [3.63, 3.8) is 0 Å². The molecule has 1 amide bonds. The van der Waals surface area contributed by atoms with Gasteiger partial charge in [0.15, 0.2) is 0 Å². The van der Waals surface area contributed by atoms with E-state index >= 15 is 0 Å². The van der Waals surface area contributed by atoms with Gasteiger partial charge in [-0.2, -0.15) is 0 Å². The number of piperidine rings is 2. The maximum Gasteiger partial charge on any atom is 0.230 e. The summed E-state index contributed by atoms with van der Waals surface area (Å²) in [7, 11) is 1.85. The lowest BCUT2D eigenvalue weighted by molar-refractivity contribution is -0.124. The van der Waals surface area contributed by atoms with Crippen LogP contribution in [0, 0.1) is 11.8 Å². The second kappa shape index (κ2) is 10.3. The Labute approximate surface area is 220 Å². The zero-order valence-electron chi connectivity index (χ0n) is 22.4. The smallest absolute Gasteiger partial charge is 0.230 e. The highest BCUT2D eigenvalue weighted by Gasteiger charge is 2.41. The highest BCUT2D eigenvalue weighted by atomic mass is 16.5. The third-order valence-electron chi connectivity index (χ3n) is 8.91. The highest BCUT2D eigenvalue weighted by molar-refractivity contribution is 6.00. The molecule has 4 heterocycles. The molecule has 1 aromatic heterocycles. The number of hydrogen-bond donors (Lipinski definition) is 1. The van der Waals surface area contributed by atoms with E-state index < -0.39 is 0 Å². The van der Waals surface area contributed by atoms with E-state index in [0.29, 0.717) is 24.6 Å². The third-order valence-corrected chi connectivity index (χ3v) is 8.91.